The number of esters is 1. The van der Waals surface area contributed by atoms with Gasteiger partial charge in [0.15, 0.2) is 6.10 Å². The van der Waals surface area contributed by atoms with Gasteiger partial charge in [0.2, 0.25) is 0 Å². The molecule has 148 valence electrons. The van der Waals surface area contributed by atoms with E-state index < -0.39 is 12.1 Å². The second kappa shape index (κ2) is 9.93. The lowest BCUT2D eigenvalue weighted by Gasteiger charge is -2.22. The maximum absolute atomic E-state index is 12.6. The van der Waals surface area contributed by atoms with Crippen LogP contribution in [-0.2, 0) is 9.53 Å². The first-order chi connectivity index (χ1) is 13.6. The molecular weight excluding hydrogens is 352 g/mol. The fraction of sp³-hybridized carbons (Fsp3) is 0.391. The summed E-state index contributed by atoms with van der Waals surface area (Å²) < 4.78 is 5.43. The number of carbonyl (C=O) groups is 2. The molecular formula is C23H28N2O3. The summed E-state index contributed by atoms with van der Waals surface area (Å²) in [4.78, 5) is 25.0. The summed E-state index contributed by atoms with van der Waals surface area (Å²) in [5, 5.41) is 6.15. The minimum Gasteiger partial charge on any atom is -0.449 e. The number of carbonyl (C=O) groups excluding carboxylic acids is 2. The Kier molecular flexibility index (Phi) is 7.06. The molecule has 2 N–H and O–H groups in total. The lowest BCUT2D eigenvalue weighted by molar-refractivity contribution is -0.129. The standard InChI is InChI=1S/C23H28N2O3/c1-17(22(26)24-16-18-10-4-2-5-11-18)28-23(27)20-14-8-9-15-21(20)25-19-12-6-3-7-13-19/h3,6-9,12-15,17-18,25H,2,4-5,10-11,16H2,1H3,(H,24,26)/t17-/m0/s1. The van der Waals surface area contributed by atoms with Crippen LogP contribution < -0.4 is 10.6 Å². The smallest absolute Gasteiger partial charge is 0.341 e. The average Bonchev–Trinajstić information content (AvgIpc) is 2.73. The zero-order chi connectivity index (χ0) is 19.8. The molecule has 0 bridgehead atoms. The zero-order valence-electron chi connectivity index (χ0n) is 16.3. The van der Waals surface area contributed by atoms with Gasteiger partial charge in [-0.15, -0.1) is 0 Å². The summed E-state index contributed by atoms with van der Waals surface area (Å²) in [6.07, 6.45) is 5.24. The van der Waals surface area contributed by atoms with Gasteiger partial charge in [-0.25, -0.2) is 4.79 Å². The van der Waals surface area contributed by atoms with Gasteiger partial charge >= 0.3 is 5.97 Å². The molecule has 2 aromatic carbocycles. The van der Waals surface area contributed by atoms with Gasteiger partial charge < -0.3 is 15.4 Å². The lowest BCUT2D eigenvalue weighted by atomic mass is 9.89. The monoisotopic (exact) mass is 380 g/mol. The van der Waals surface area contributed by atoms with Gasteiger partial charge in [0.25, 0.3) is 5.91 Å². The first kappa shape index (κ1) is 19.9. The minimum absolute atomic E-state index is 0.243. The first-order valence-electron chi connectivity index (χ1n) is 10.0. The van der Waals surface area contributed by atoms with Crippen molar-refractivity contribution in [3.63, 3.8) is 0 Å². The first-order valence-corrected chi connectivity index (χ1v) is 10.0. The van der Waals surface area contributed by atoms with E-state index in [2.05, 4.69) is 10.6 Å². The third kappa shape index (κ3) is 5.59. The number of hydrogen-bond donors (Lipinski definition) is 2. The Morgan fingerprint density at radius 2 is 1.68 bits per heavy atom. The Balaban J connectivity index is 1.57. The number of ether oxygens (including phenoxy) is 1. The lowest BCUT2D eigenvalue weighted by Crippen LogP contribution is -2.38. The molecule has 1 atom stereocenters. The van der Waals surface area contributed by atoms with Crippen LogP contribution in [0.2, 0.25) is 0 Å². The van der Waals surface area contributed by atoms with Gasteiger partial charge in [0.1, 0.15) is 0 Å². The van der Waals surface area contributed by atoms with E-state index in [1.807, 2.05) is 42.5 Å². The Morgan fingerprint density at radius 1 is 1.00 bits per heavy atom. The van der Waals surface area contributed by atoms with Crippen LogP contribution >= 0.6 is 0 Å². The van der Waals surface area contributed by atoms with Crippen LogP contribution in [-0.4, -0.2) is 24.5 Å². The predicted octanol–water partition coefficient (Wildman–Crippen LogP) is 4.67. The van der Waals surface area contributed by atoms with Crippen molar-refractivity contribution in [2.24, 2.45) is 5.92 Å². The summed E-state index contributed by atoms with van der Waals surface area (Å²) in [5.41, 5.74) is 1.92. The van der Waals surface area contributed by atoms with Crippen molar-refractivity contribution in [2.75, 3.05) is 11.9 Å². The van der Waals surface area contributed by atoms with Crippen LogP contribution in [0.4, 0.5) is 11.4 Å². The molecule has 1 fully saturated rings. The SMILES string of the molecule is C[C@H](OC(=O)c1ccccc1Nc1ccccc1)C(=O)NCC1CCCCC1. The number of hydrogen-bond acceptors (Lipinski definition) is 4. The number of nitrogens with one attached hydrogen (secondary N) is 2. The van der Waals surface area contributed by atoms with E-state index in [0.717, 1.165) is 18.5 Å². The van der Waals surface area contributed by atoms with Gasteiger partial charge in [-0.2, -0.15) is 0 Å². The maximum atomic E-state index is 12.6. The number of anilines is 2. The highest BCUT2D eigenvalue weighted by atomic mass is 16.5. The van der Waals surface area contributed by atoms with Gasteiger partial charge in [-0.05, 0) is 49.9 Å². The Hall–Kier alpha value is -2.82. The highest BCUT2D eigenvalue weighted by Crippen LogP contribution is 2.23. The molecule has 0 aromatic heterocycles. The Bertz CT molecular complexity index is 785. The van der Waals surface area contributed by atoms with E-state index >= 15 is 0 Å². The normalized spacial score (nSPS) is 15.5. The van der Waals surface area contributed by atoms with Crippen molar-refractivity contribution in [1.29, 1.82) is 0 Å². The number of benzene rings is 2. The van der Waals surface area contributed by atoms with E-state index in [9.17, 15) is 9.59 Å². The van der Waals surface area contributed by atoms with E-state index in [1.165, 1.54) is 19.3 Å². The Labute approximate surface area is 166 Å². The van der Waals surface area contributed by atoms with Crippen molar-refractivity contribution < 1.29 is 14.3 Å². The summed E-state index contributed by atoms with van der Waals surface area (Å²) in [6.45, 7) is 2.27. The topological polar surface area (TPSA) is 67.4 Å². The molecule has 5 nitrogen and oxygen atoms in total. The second-order valence-electron chi connectivity index (χ2n) is 7.33. The molecule has 3 rings (SSSR count). The molecule has 1 saturated carbocycles. The van der Waals surface area contributed by atoms with E-state index in [4.69, 9.17) is 4.74 Å². The summed E-state index contributed by atoms with van der Waals surface area (Å²) in [5.74, 6) is -0.219. The van der Waals surface area contributed by atoms with Crippen LogP contribution in [0.1, 0.15) is 49.4 Å². The van der Waals surface area contributed by atoms with E-state index in [0.29, 0.717) is 23.7 Å². The van der Waals surface area contributed by atoms with Crippen molar-refractivity contribution in [3.8, 4) is 0 Å². The predicted molar refractivity (Wildman–Crippen MR) is 111 cm³/mol. The number of para-hydroxylation sites is 2. The fourth-order valence-electron chi connectivity index (χ4n) is 3.50. The van der Waals surface area contributed by atoms with E-state index in [1.54, 1.807) is 19.1 Å². The van der Waals surface area contributed by atoms with Crippen molar-refractivity contribution in [3.05, 3.63) is 60.2 Å². The molecule has 1 amide bonds. The third-order valence-corrected chi connectivity index (χ3v) is 5.14. The van der Waals surface area contributed by atoms with Gasteiger partial charge in [0.05, 0.1) is 11.3 Å². The molecule has 1 aliphatic rings. The molecule has 28 heavy (non-hydrogen) atoms. The second-order valence-corrected chi connectivity index (χ2v) is 7.33. The van der Waals surface area contributed by atoms with Crippen molar-refractivity contribution >= 4 is 23.3 Å². The van der Waals surface area contributed by atoms with Gasteiger partial charge in [-0.3, -0.25) is 4.79 Å². The minimum atomic E-state index is -0.833. The molecule has 0 radical (unpaired) electrons. The Morgan fingerprint density at radius 3 is 2.43 bits per heavy atom. The number of amides is 1. The number of rotatable bonds is 7. The van der Waals surface area contributed by atoms with E-state index in [-0.39, 0.29) is 5.91 Å². The molecule has 0 aliphatic heterocycles. The molecule has 0 heterocycles. The highest BCUT2D eigenvalue weighted by Gasteiger charge is 2.22. The van der Waals surface area contributed by atoms with Gasteiger partial charge in [-0.1, -0.05) is 49.6 Å². The largest absolute Gasteiger partial charge is 0.449 e. The van der Waals surface area contributed by atoms with Crippen LogP contribution in [0.25, 0.3) is 0 Å². The molecule has 5 heteroatoms. The quantitative estimate of drug-likeness (QED) is 0.685. The fourth-order valence-corrected chi connectivity index (χ4v) is 3.50. The van der Waals surface area contributed by atoms with Crippen LogP contribution in [0.3, 0.4) is 0 Å². The van der Waals surface area contributed by atoms with Crippen LogP contribution in [0.5, 0.6) is 0 Å². The molecule has 2 aromatic rings. The van der Waals surface area contributed by atoms with Crippen molar-refractivity contribution in [2.45, 2.75) is 45.1 Å². The molecule has 1 aliphatic carbocycles. The molecule has 0 saturated heterocycles. The highest BCUT2D eigenvalue weighted by molar-refractivity contribution is 5.98. The third-order valence-electron chi connectivity index (χ3n) is 5.14. The van der Waals surface area contributed by atoms with Crippen LogP contribution in [0, 0.1) is 5.92 Å². The van der Waals surface area contributed by atoms with Crippen LogP contribution in [0.15, 0.2) is 54.6 Å². The zero-order valence-corrected chi connectivity index (χ0v) is 16.3. The van der Waals surface area contributed by atoms with Gasteiger partial charge in [0, 0.05) is 12.2 Å². The van der Waals surface area contributed by atoms with Crippen molar-refractivity contribution in [1.82, 2.24) is 5.32 Å². The summed E-state index contributed by atoms with van der Waals surface area (Å²) in [6, 6.07) is 16.7. The maximum Gasteiger partial charge on any atom is 0.341 e. The molecule has 0 unspecified atom stereocenters. The summed E-state index contributed by atoms with van der Waals surface area (Å²) >= 11 is 0. The molecule has 0 spiro atoms. The average molecular weight is 380 g/mol. The summed E-state index contributed by atoms with van der Waals surface area (Å²) in [7, 11) is 0.